The van der Waals surface area contributed by atoms with Crippen LogP contribution in [0.4, 0.5) is 18.0 Å². The number of alkyl halides is 3. The van der Waals surface area contributed by atoms with Gasteiger partial charge in [0, 0.05) is 19.1 Å². The number of nitrogens with zero attached hydrogens (tertiary/aromatic N) is 1. The molecule has 0 radical (unpaired) electrons. The highest BCUT2D eigenvalue weighted by atomic mass is 19.4. The second-order valence-corrected chi connectivity index (χ2v) is 9.07. The van der Waals surface area contributed by atoms with Gasteiger partial charge in [-0.1, -0.05) is 36.4 Å². The largest absolute Gasteiger partial charge is 0.480 e. The number of aliphatic carboxylic acids is 1. The maximum absolute atomic E-state index is 12.7. The Hall–Kier alpha value is -3.07. The van der Waals surface area contributed by atoms with E-state index in [9.17, 15) is 27.9 Å². The fourth-order valence-corrected chi connectivity index (χ4v) is 3.67. The van der Waals surface area contributed by atoms with Crippen molar-refractivity contribution < 1.29 is 32.6 Å². The molecule has 2 aromatic rings. The third-order valence-corrected chi connectivity index (χ3v) is 5.31. The summed E-state index contributed by atoms with van der Waals surface area (Å²) in [4.78, 5) is 25.2. The van der Waals surface area contributed by atoms with Crippen LogP contribution in [-0.4, -0.2) is 46.3 Å². The van der Waals surface area contributed by atoms with Gasteiger partial charge < -0.3 is 15.2 Å². The Morgan fingerprint density at radius 2 is 1.58 bits per heavy atom. The van der Waals surface area contributed by atoms with E-state index in [4.69, 9.17) is 4.74 Å². The molecule has 0 saturated carbocycles. The van der Waals surface area contributed by atoms with Crippen molar-refractivity contribution in [3.05, 3.63) is 59.7 Å². The zero-order valence-corrected chi connectivity index (χ0v) is 18.6. The van der Waals surface area contributed by atoms with E-state index < -0.39 is 35.4 Å². The van der Waals surface area contributed by atoms with Gasteiger partial charge in [0.2, 0.25) is 0 Å². The number of rotatable bonds is 5. The number of amides is 1. The van der Waals surface area contributed by atoms with E-state index in [1.165, 1.54) is 17.0 Å². The maximum atomic E-state index is 12.7. The Kier molecular flexibility index (Phi) is 7.02. The molecule has 2 aromatic carbocycles. The number of carboxylic acids is 1. The monoisotopic (exact) mass is 464 g/mol. The fraction of sp³-hybridized carbons (Fsp3) is 0.417. The molecular weight excluding hydrogens is 437 g/mol. The van der Waals surface area contributed by atoms with Crippen molar-refractivity contribution in [1.29, 1.82) is 0 Å². The van der Waals surface area contributed by atoms with E-state index in [0.29, 0.717) is 12.1 Å². The van der Waals surface area contributed by atoms with Crippen LogP contribution in [0.2, 0.25) is 0 Å². The minimum absolute atomic E-state index is 0.215. The predicted octanol–water partition coefficient (Wildman–Crippen LogP) is 4.92. The van der Waals surface area contributed by atoms with Crippen molar-refractivity contribution in [3.8, 4) is 11.1 Å². The lowest BCUT2D eigenvalue weighted by Gasteiger charge is -2.26. The van der Waals surface area contributed by atoms with Crippen molar-refractivity contribution in [2.45, 2.75) is 57.6 Å². The summed E-state index contributed by atoms with van der Waals surface area (Å²) in [5, 5.41) is 12.8. The zero-order chi connectivity index (χ0) is 24.4. The number of halogens is 3. The van der Waals surface area contributed by atoms with Gasteiger partial charge in [0.25, 0.3) is 0 Å². The van der Waals surface area contributed by atoms with Crippen molar-refractivity contribution in [2.75, 3.05) is 6.54 Å². The van der Waals surface area contributed by atoms with E-state index in [2.05, 4.69) is 5.32 Å². The second-order valence-electron chi connectivity index (χ2n) is 9.07. The lowest BCUT2D eigenvalue weighted by molar-refractivity contribution is -0.142. The number of likely N-dealkylation sites (tertiary alicyclic amines) is 1. The Morgan fingerprint density at radius 1 is 1.03 bits per heavy atom. The molecule has 0 bridgehead atoms. The molecule has 33 heavy (non-hydrogen) atoms. The summed E-state index contributed by atoms with van der Waals surface area (Å²) in [5.74, 6) is -1.08. The number of hydrogen-bond acceptors (Lipinski definition) is 4. The smallest absolute Gasteiger partial charge is 0.416 e. The first-order chi connectivity index (χ1) is 15.3. The average molecular weight is 464 g/mol. The molecule has 3 rings (SSSR count). The molecule has 9 heteroatoms. The summed E-state index contributed by atoms with van der Waals surface area (Å²) >= 11 is 0. The van der Waals surface area contributed by atoms with Crippen LogP contribution in [0.15, 0.2) is 48.5 Å². The van der Waals surface area contributed by atoms with Crippen LogP contribution in [0, 0.1) is 0 Å². The summed E-state index contributed by atoms with van der Waals surface area (Å²) in [7, 11) is 0. The van der Waals surface area contributed by atoms with E-state index in [1.54, 1.807) is 20.8 Å². The molecule has 1 aliphatic rings. The summed E-state index contributed by atoms with van der Waals surface area (Å²) in [6, 6.07) is 11.2. The van der Waals surface area contributed by atoms with Crippen LogP contribution in [-0.2, 0) is 22.3 Å². The lowest BCUT2D eigenvalue weighted by atomic mass is 10.0. The molecule has 1 fully saturated rings. The van der Waals surface area contributed by atoms with Crippen LogP contribution >= 0.6 is 0 Å². The maximum Gasteiger partial charge on any atom is 0.416 e. The van der Waals surface area contributed by atoms with E-state index in [-0.39, 0.29) is 19.0 Å². The Labute approximate surface area is 190 Å². The van der Waals surface area contributed by atoms with E-state index in [0.717, 1.165) is 23.3 Å². The molecule has 1 heterocycles. The van der Waals surface area contributed by atoms with Crippen LogP contribution in [0.1, 0.15) is 38.3 Å². The van der Waals surface area contributed by atoms with Crippen molar-refractivity contribution in [2.24, 2.45) is 0 Å². The number of nitrogens with one attached hydrogen (secondary N) is 1. The highest BCUT2D eigenvalue weighted by Gasteiger charge is 2.41. The van der Waals surface area contributed by atoms with Crippen molar-refractivity contribution >= 4 is 12.1 Å². The standard InChI is InChI=1S/C24H27F3N2O4/c1-23(2,3)33-22(32)29-14-19(12-20(29)21(30)31)28-13-15-4-6-16(7-5-15)17-8-10-18(11-9-17)24(25,26)27/h4-11,19-20,28H,12-14H2,1-3H3,(H,30,31)/t19-,20-/m0/s1. The van der Waals surface area contributed by atoms with Crippen LogP contribution in [0.25, 0.3) is 11.1 Å². The van der Waals surface area contributed by atoms with Crippen molar-refractivity contribution in [1.82, 2.24) is 10.2 Å². The molecule has 1 amide bonds. The molecular formula is C24H27F3N2O4. The number of carbonyl (C=O) groups is 2. The minimum atomic E-state index is -4.37. The zero-order valence-electron chi connectivity index (χ0n) is 18.6. The fourth-order valence-electron chi connectivity index (χ4n) is 3.67. The predicted molar refractivity (Wildman–Crippen MR) is 116 cm³/mol. The van der Waals surface area contributed by atoms with E-state index in [1.807, 2.05) is 24.3 Å². The minimum Gasteiger partial charge on any atom is -0.480 e. The number of carbonyl (C=O) groups excluding carboxylic acids is 1. The highest BCUT2D eigenvalue weighted by molar-refractivity contribution is 5.81. The molecule has 178 valence electrons. The van der Waals surface area contributed by atoms with Gasteiger partial charge in [-0.3, -0.25) is 4.90 Å². The molecule has 0 unspecified atom stereocenters. The van der Waals surface area contributed by atoms with Crippen molar-refractivity contribution in [3.63, 3.8) is 0 Å². The third kappa shape index (κ3) is 6.47. The number of benzene rings is 2. The molecule has 0 aliphatic carbocycles. The topological polar surface area (TPSA) is 78.9 Å². The van der Waals surface area contributed by atoms with Gasteiger partial charge in [0.1, 0.15) is 11.6 Å². The Morgan fingerprint density at radius 3 is 2.06 bits per heavy atom. The van der Waals surface area contributed by atoms with Crippen LogP contribution in [0.5, 0.6) is 0 Å². The summed E-state index contributed by atoms with van der Waals surface area (Å²) < 4.78 is 43.5. The lowest BCUT2D eigenvalue weighted by Crippen LogP contribution is -2.43. The van der Waals surface area contributed by atoms with Gasteiger partial charge in [-0.15, -0.1) is 0 Å². The highest BCUT2D eigenvalue weighted by Crippen LogP contribution is 2.31. The molecule has 0 spiro atoms. The SMILES string of the molecule is CC(C)(C)OC(=O)N1C[C@@H](NCc2ccc(-c3ccc(C(F)(F)F)cc3)cc2)C[C@H]1C(=O)O. The van der Waals surface area contributed by atoms with Gasteiger partial charge in [0.05, 0.1) is 5.56 Å². The second kappa shape index (κ2) is 9.43. The first kappa shape index (κ1) is 24.6. The normalized spacial score (nSPS) is 18.9. The Balaban J connectivity index is 1.60. The van der Waals surface area contributed by atoms with Gasteiger partial charge in [0.15, 0.2) is 0 Å². The molecule has 1 aliphatic heterocycles. The molecule has 2 atom stereocenters. The molecule has 6 nitrogen and oxygen atoms in total. The first-order valence-electron chi connectivity index (χ1n) is 10.6. The first-order valence-corrected chi connectivity index (χ1v) is 10.6. The number of ether oxygens (including phenoxy) is 1. The molecule has 0 aromatic heterocycles. The number of carboxylic acid groups (broad SMARTS) is 1. The van der Waals surface area contributed by atoms with Crippen LogP contribution in [0.3, 0.4) is 0 Å². The summed E-state index contributed by atoms with van der Waals surface area (Å²) in [6.07, 6.45) is -4.76. The van der Waals surface area contributed by atoms with Gasteiger partial charge in [-0.25, -0.2) is 9.59 Å². The molecule has 1 saturated heterocycles. The molecule has 2 N–H and O–H groups in total. The average Bonchev–Trinajstić information content (AvgIpc) is 3.16. The van der Waals surface area contributed by atoms with E-state index >= 15 is 0 Å². The third-order valence-electron chi connectivity index (χ3n) is 5.31. The van der Waals surface area contributed by atoms with Gasteiger partial charge in [-0.2, -0.15) is 13.2 Å². The quantitative estimate of drug-likeness (QED) is 0.657. The van der Waals surface area contributed by atoms with Gasteiger partial charge >= 0.3 is 18.2 Å². The Bertz CT molecular complexity index is 983. The van der Waals surface area contributed by atoms with Gasteiger partial charge in [-0.05, 0) is 56.0 Å². The number of hydrogen-bond donors (Lipinski definition) is 2. The summed E-state index contributed by atoms with van der Waals surface area (Å²) in [5.41, 5.74) is 0.975. The summed E-state index contributed by atoms with van der Waals surface area (Å²) in [6.45, 7) is 5.84. The van der Waals surface area contributed by atoms with Crippen LogP contribution < -0.4 is 5.32 Å².